The molecule has 1 aromatic carbocycles. The van der Waals surface area contributed by atoms with Crippen molar-refractivity contribution in [2.75, 3.05) is 13.1 Å². The quantitative estimate of drug-likeness (QED) is 0.879. The predicted octanol–water partition coefficient (Wildman–Crippen LogP) is 2.05. The van der Waals surface area contributed by atoms with E-state index in [0.29, 0.717) is 0 Å². The van der Waals surface area contributed by atoms with Crippen molar-refractivity contribution in [3.63, 3.8) is 0 Å². The topological polar surface area (TPSA) is 27.2 Å². The van der Waals surface area contributed by atoms with Gasteiger partial charge >= 0.3 is 0 Å². The minimum absolute atomic E-state index is 0.805. The predicted molar refractivity (Wildman–Crippen MR) is 86.4 cm³/mol. The number of aryl methyl sites for hydroxylation is 2. The Bertz CT molecular complexity index is 680. The molecular weight excluding hydrogens is 280 g/mol. The van der Waals surface area contributed by atoms with Crippen LogP contribution in [0.15, 0.2) is 24.3 Å². The zero-order valence-electron chi connectivity index (χ0n) is 12.8. The fourth-order valence-electron chi connectivity index (χ4n) is 3.13. The van der Waals surface area contributed by atoms with Crippen molar-refractivity contribution < 1.29 is 4.90 Å². The summed E-state index contributed by atoms with van der Waals surface area (Å²) in [7, 11) is 0. The molecule has 21 heavy (non-hydrogen) atoms. The number of rotatable bonds is 3. The Hall–Kier alpha value is -1.46. The Morgan fingerprint density at radius 3 is 2.57 bits per heavy atom. The first-order chi connectivity index (χ1) is 10.2. The van der Waals surface area contributed by atoms with E-state index in [2.05, 4.69) is 40.9 Å². The van der Waals surface area contributed by atoms with E-state index in [1.54, 1.807) is 4.90 Å². The van der Waals surface area contributed by atoms with Crippen molar-refractivity contribution in [3.05, 3.63) is 40.4 Å². The van der Waals surface area contributed by atoms with Gasteiger partial charge in [-0.1, -0.05) is 18.2 Å². The second-order valence-corrected chi connectivity index (χ2v) is 6.29. The molecule has 1 aromatic heterocycles. The summed E-state index contributed by atoms with van der Waals surface area (Å²) in [6.45, 7) is 7.50. The van der Waals surface area contributed by atoms with Gasteiger partial charge in [-0.3, -0.25) is 4.57 Å². The normalized spacial score (nSPS) is 16.3. The molecule has 3 rings (SSSR count). The lowest BCUT2D eigenvalue weighted by atomic mass is 10.1. The molecule has 1 N–H and O–H groups in total. The van der Waals surface area contributed by atoms with E-state index in [-0.39, 0.29) is 0 Å². The third-order valence-electron chi connectivity index (χ3n) is 4.29. The van der Waals surface area contributed by atoms with Gasteiger partial charge in [-0.25, -0.2) is 0 Å². The number of hydrogen-bond donors (Lipinski definition) is 1. The van der Waals surface area contributed by atoms with E-state index < -0.39 is 0 Å². The number of piperidine rings is 1. The highest BCUT2D eigenvalue weighted by Gasteiger charge is 2.17. The van der Waals surface area contributed by atoms with Crippen LogP contribution in [0.1, 0.15) is 30.7 Å². The molecule has 4 nitrogen and oxygen atoms in total. The first-order valence-corrected chi connectivity index (χ1v) is 8.13. The zero-order valence-corrected chi connectivity index (χ0v) is 13.6. The van der Waals surface area contributed by atoms with Gasteiger partial charge < -0.3 is 4.90 Å². The lowest BCUT2D eigenvalue weighted by Gasteiger charge is -2.22. The fraction of sp³-hybridized carbons (Fsp3) is 0.500. The minimum Gasteiger partial charge on any atom is -0.316 e. The van der Waals surface area contributed by atoms with Crippen LogP contribution in [-0.2, 0) is 6.67 Å². The van der Waals surface area contributed by atoms with Crippen LogP contribution in [0, 0.1) is 18.6 Å². The first-order valence-electron chi connectivity index (χ1n) is 7.73. The van der Waals surface area contributed by atoms with Gasteiger partial charge in [0, 0.05) is 0 Å². The van der Waals surface area contributed by atoms with Gasteiger partial charge in [0.1, 0.15) is 5.82 Å². The molecule has 0 amide bonds. The van der Waals surface area contributed by atoms with Crippen LogP contribution in [0.25, 0.3) is 5.69 Å². The van der Waals surface area contributed by atoms with E-state index in [9.17, 15) is 0 Å². The fourth-order valence-corrected chi connectivity index (χ4v) is 3.47. The highest BCUT2D eigenvalue weighted by Crippen LogP contribution is 2.16. The van der Waals surface area contributed by atoms with E-state index in [4.69, 9.17) is 12.2 Å². The molecule has 0 spiro atoms. The second kappa shape index (κ2) is 6.12. The van der Waals surface area contributed by atoms with Gasteiger partial charge in [0.05, 0.1) is 18.8 Å². The van der Waals surface area contributed by atoms with Gasteiger partial charge in [-0.05, 0) is 57.0 Å². The maximum absolute atomic E-state index is 5.67. The largest absolute Gasteiger partial charge is 0.316 e. The molecule has 5 heteroatoms. The molecule has 1 saturated heterocycles. The summed E-state index contributed by atoms with van der Waals surface area (Å²) >= 11 is 5.67. The molecule has 1 fully saturated rings. The molecule has 0 saturated carbocycles. The number of para-hydroxylation sites is 1. The average Bonchev–Trinajstić information content (AvgIpc) is 2.76. The number of likely N-dealkylation sites (tertiary alicyclic amines) is 1. The van der Waals surface area contributed by atoms with Crippen LogP contribution >= 0.6 is 12.2 Å². The maximum atomic E-state index is 5.67. The van der Waals surface area contributed by atoms with E-state index in [1.807, 2.05) is 11.6 Å². The molecule has 0 bridgehead atoms. The van der Waals surface area contributed by atoms with Gasteiger partial charge in [-0.15, -0.1) is 0 Å². The number of aromatic nitrogens is 3. The third kappa shape index (κ3) is 2.94. The highest BCUT2D eigenvalue weighted by atomic mass is 32.1. The van der Waals surface area contributed by atoms with Crippen molar-refractivity contribution in [2.45, 2.75) is 39.8 Å². The van der Waals surface area contributed by atoms with E-state index in [0.717, 1.165) is 23.0 Å². The molecule has 2 aromatic rings. The van der Waals surface area contributed by atoms with Gasteiger partial charge in [0.2, 0.25) is 4.77 Å². The van der Waals surface area contributed by atoms with Crippen molar-refractivity contribution in [3.8, 4) is 5.69 Å². The van der Waals surface area contributed by atoms with Crippen molar-refractivity contribution >= 4 is 12.2 Å². The van der Waals surface area contributed by atoms with Crippen molar-refractivity contribution in [1.29, 1.82) is 0 Å². The summed E-state index contributed by atoms with van der Waals surface area (Å²) < 4.78 is 4.89. The first kappa shape index (κ1) is 14.5. The molecule has 0 radical (unpaired) electrons. The zero-order chi connectivity index (χ0) is 14.8. The Labute approximate surface area is 131 Å². The Morgan fingerprint density at radius 2 is 1.86 bits per heavy atom. The van der Waals surface area contributed by atoms with Crippen LogP contribution in [0.3, 0.4) is 0 Å². The molecule has 112 valence electrons. The molecular formula is C16H23N4S+. The minimum atomic E-state index is 0.805. The summed E-state index contributed by atoms with van der Waals surface area (Å²) in [5, 5.41) is 4.68. The lowest BCUT2D eigenvalue weighted by molar-refractivity contribution is -0.928. The summed E-state index contributed by atoms with van der Waals surface area (Å²) in [6.07, 6.45) is 4.01. The molecule has 1 aliphatic rings. The van der Waals surface area contributed by atoms with Crippen LogP contribution in [0.5, 0.6) is 0 Å². The number of benzene rings is 1. The van der Waals surface area contributed by atoms with Crippen molar-refractivity contribution in [2.24, 2.45) is 0 Å². The summed E-state index contributed by atoms with van der Waals surface area (Å²) in [5.74, 6) is 0.964. The van der Waals surface area contributed by atoms with E-state index >= 15 is 0 Å². The summed E-state index contributed by atoms with van der Waals surface area (Å²) in [4.78, 5) is 1.59. The summed E-state index contributed by atoms with van der Waals surface area (Å²) in [5.41, 5.74) is 2.36. The SMILES string of the molecule is Cc1ccccc1-n1c(C)nn(C[NH+]2CCCCC2)c1=S. The maximum Gasteiger partial charge on any atom is 0.207 e. The molecule has 0 unspecified atom stereocenters. The smallest absolute Gasteiger partial charge is 0.207 e. The monoisotopic (exact) mass is 303 g/mol. The third-order valence-corrected chi connectivity index (χ3v) is 4.68. The summed E-state index contributed by atoms with van der Waals surface area (Å²) in [6, 6.07) is 8.33. The number of nitrogens with zero attached hydrogens (tertiary/aromatic N) is 3. The van der Waals surface area contributed by atoms with Gasteiger partial charge in [-0.2, -0.15) is 9.78 Å². The van der Waals surface area contributed by atoms with Crippen LogP contribution in [0.4, 0.5) is 0 Å². The van der Waals surface area contributed by atoms with Crippen LogP contribution < -0.4 is 4.90 Å². The van der Waals surface area contributed by atoms with Crippen molar-refractivity contribution in [1.82, 2.24) is 14.3 Å². The highest BCUT2D eigenvalue weighted by molar-refractivity contribution is 7.71. The lowest BCUT2D eigenvalue weighted by Crippen LogP contribution is -3.12. The average molecular weight is 303 g/mol. The number of quaternary nitrogens is 1. The number of nitrogens with one attached hydrogen (secondary N) is 1. The molecule has 1 aliphatic heterocycles. The Morgan fingerprint density at radius 1 is 1.14 bits per heavy atom. The van der Waals surface area contributed by atoms with E-state index in [1.165, 1.54) is 37.9 Å². The molecule has 2 heterocycles. The molecule has 0 aliphatic carbocycles. The number of hydrogen-bond acceptors (Lipinski definition) is 2. The molecule has 0 atom stereocenters. The Kier molecular flexibility index (Phi) is 4.22. The standard InChI is InChI=1S/C16H22N4S/c1-13-8-4-5-9-15(13)20-14(2)17-19(16(20)21)12-18-10-6-3-7-11-18/h4-5,8-9H,3,6-7,10-12H2,1-2H3/p+1. The van der Waals surface area contributed by atoms with Crippen LogP contribution in [-0.4, -0.2) is 27.4 Å². The van der Waals surface area contributed by atoms with Crippen LogP contribution in [0.2, 0.25) is 0 Å². The second-order valence-electron chi connectivity index (χ2n) is 5.92. The Balaban J connectivity index is 1.93. The van der Waals surface area contributed by atoms with Gasteiger partial charge in [0.15, 0.2) is 6.67 Å². The van der Waals surface area contributed by atoms with Gasteiger partial charge in [0.25, 0.3) is 0 Å².